The summed E-state index contributed by atoms with van der Waals surface area (Å²) in [5.41, 5.74) is 8.47. The average Bonchev–Trinajstić information content (AvgIpc) is 3.65. The highest BCUT2D eigenvalue weighted by atomic mass is 35.5. The van der Waals surface area contributed by atoms with E-state index in [2.05, 4.69) is 114 Å². The molecule has 50 heavy (non-hydrogen) atoms. The van der Waals surface area contributed by atoms with Gasteiger partial charge in [-0.15, -0.1) is 5.10 Å². The van der Waals surface area contributed by atoms with E-state index < -0.39 is 11.6 Å². The quantitative estimate of drug-likeness (QED) is 0.109. The maximum atomic E-state index is 11.6. The van der Waals surface area contributed by atoms with Crippen LogP contribution in [0.5, 0.6) is 0 Å². The summed E-state index contributed by atoms with van der Waals surface area (Å²) < 4.78 is 1.96. The highest BCUT2D eigenvalue weighted by molar-refractivity contribution is 6.29. The third-order valence-electron chi connectivity index (χ3n) is 9.42. The number of nitrogens with zero attached hydrogens (tertiary/aromatic N) is 5. The van der Waals surface area contributed by atoms with Crippen LogP contribution in [0.4, 0.5) is 0 Å². The third kappa shape index (κ3) is 6.13. The maximum Gasteiger partial charge on any atom is 0.184 e. The molecule has 7 rings (SSSR count). The van der Waals surface area contributed by atoms with Crippen LogP contribution in [-0.2, 0) is 12.0 Å². The molecule has 0 aliphatic rings. The van der Waals surface area contributed by atoms with Crippen LogP contribution in [-0.4, -0.2) is 30.3 Å². The molecule has 7 aromatic rings. The summed E-state index contributed by atoms with van der Waals surface area (Å²) in [5, 5.41) is 25.9. The van der Waals surface area contributed by atoms with Gasteiger partial charge < -0.3 is 5.11 Å². The summed E-state index contributed by atoms with van der Waals surface area (Å²) in [7, 11) is 0. The van der Waals surface area contributed by atoms with Crippen LogP contribution in [0.1, 0.15) is 64.9 Å². The number of aliphatic hydroxyl groups excluding tert-OH is 1. The molecule has 1 unspecified atom stereocenters. The van der Waals surface area contributed by atoms with Crippen LogP contribution in [0.25, 0.3) is 22.5 Å². The van der Waals surface area contributed by atoms with Gasteiger partial charge in [0, 0.05) is 16.8 Å². The Kier molecular flexibility index (Phi) is 9.65. The van der Waals surface area contributed by atoms with Crippen molar-refractivity contribution in [3.63, 3.8) is 0 Å². The number of unbranched alkanes of at least 4 members (excludes halogenated alkanes) is 1. The van der Waals surface area contributed by atoms with Gasteiger partial charge in [-0.3, -0.25) is 0 Å². The number of pyridine rings is 1. The second-order valence-electron chi connectivity index (χ2n) is 12.5. The number of aliphatic hydroxyl groups is 1. The second kappa shape index (κ2) is 14.6. The summed E-state index contributed by atoms with van der Waals surface area (Å²) in [6.07, 6.45) is 1.94. The number of hydrogen-bond acceptors (Lipinski definition) is 5. The highest BCUT2D eigenvalue weighted by Crippen LogP contribution is 2.43. The normalized spacial score (nSPS) is 12.2. The molecule has 2 heterocycles. The van der Waals surface area contributed by atoms with Crippen molar-refractivity contribution >= 4 is 11.6 Å². The Morgan fingerprint density at radius 2 is 1.26 bits per heavy atom. The van der Waals surface area contributed by atoms with Crippen LogP contribution in [0.3, 0.4) is 0 Å². The van der Waals surface area contributed by atoms with Gasteiger partial charge in [0.15, 0.2) is 5.82 Å². The lowest BCUT2D eigenvalue weighted by Gasteiger charge is -2.36. The molecule has 248 valence electrons. The Morgan fingerprint density at radius 3 is 1.82 bits per heavy atom. The maximum absolute atomic E-state index is 11.6. The van der Waals surface area contributed by atoms with Crippen LogP contribution in [0.15, 0.2) is 146 Å². The SMILES string of the molecule is CCCCc1nc(Cl)cc(C)c1C(O)c1ccc(-c2ccccc2-c2nnnn2C(c2ccccc2)(c2ccccc2)c2ccccc2)cc1. The van der Waals surface area contributed by atoms with Gasteiger partial charge in [0.2, 0.25) is 0 Å². The Bertz CT molecular complexity index is 2090. The van der Waals surface area contributed by atoms with E-state index in [0.29, 0.717) is 11.0 Å². The molecule has 0 saturated heterocycles. The minimum absolute atomic E-state index is 0.453. The van der Waals surface area contributed by atoms with E-state index in [1.54, 1.807) is 0 Å². The van der Waals surface area contributed by atoms with Crippen molar-refractivity contribution in [3.05, 3.63) is 190 Å². The number of benzene rings is 5. The molecule has 0 bridgehead atoms. The fourth-order valence-corrected chi connectivity index (χ4v) is 7.31. The smallest absolute Gasteiger partial charge is 0.184 e. The summed E-state index contributed by atoms with van der Waals surface area (Å²) in [4.78, 5) is 4.60. The average molecular weight is 676 g/mol. The number of halogens is 1. The van der Waals surface area contributed by atoms with Gasteiger partial charge in [-0.05, 0) is 75.2 Å². The van der Waals surface area contributed by atoms with E-state index in [4.69, 9.17) is 21.9 Å². The third-order valence-corrected chi connectivity index (χ3v) is 9.61. The summed E-state index contributed by atoms with van der Waals surface area (Å²) in [6.45, 7) is 4.13. The first kappa shape index (κ1) is 33.1. The summed E-state index contributed by atoms with van der Waals surface area (Å²) >= 11 is 6.33. The van der Waals surface area contributed by atoms with E-state index >= 15 is 0 Å². The Hall–Kier alpha value is -5.43. The van der Waals surface area contributed by atoms with E-state index in [9.17, 15) is 5.11 Å². The Labute approximate surface area is 298 Å². The van der Waals surface area contributed by atoms with Crippen molar-refractivity contribution in [3.8, 4) is 22.5 Å². The van der Waals surface area contributed by atoms with E-state index in [1.807, 2.05) is 60.1 Å². The molecule has 0 amide bonds. The van der Waals surface area contributed by atoms with Crippen LogP contribution < -0.4 is 0 Å². The molecule has 0 saturated carbocycles. The highest BCUT2D eigenvalue weighted by Gasteiger charge is 2.42. The van der Waals surface area contributed by atoms with Crippen molar-refractivity contribution in [2.24, 2.45) is 0 Å². The van der Waals surface area contributed by atoms with Gasteiger partial charge in [0.25, 0.3) is 0 Å². The summed E-state index contributed by atoms with van der Waals surface area (Å²) in [6, 6.07) is 49.3. The molecule has 0 aliphatic carbocycles. The van der Waals surface area contributed by atoms with Crippen molar-refractivity contribution in [1.29, 1.82) is 0 Å². The van der Waals surface area contributed by atoms with E-state index in [1.165, 1.54) is 0 Å². The number of hydrogen-bond donors (Lipinski definition) is 1. The lowest BCUT2D eigenvalue weighted by Crippen LogP contribution is -2.39. The molecule has 5 aromatic carbocycles. The van der Waals surface area contributed by atoms with Gasteiger partial charge in [-0.2, -0.15) is 0 Å². The monoisotopic (exact) mass is 675 g/mol. The fourth-order valence-electron chi connectivity index (χ4n) is 7.04. The molecule has 0 aliphatic heterocycles. The molecule has 0 radical (unpaired) electrons. The molecule has 2 aromatic heterocycles. The zero-order valence-electron chi connectivity index (χ0n) is 28.1. The van der Waals surface area contributed by atoms with Gasteiger partial charge >= 0.3 is 0 Å². The molecular formula is C43H38ClN5O. The molecule has 7 heteroatoms. The van der Waals surface area contributed by atoms with E-state index in [0.717, 1.165) is 75.0 Å². The topological polar surface area (TPSA) is 76.7 Å². The fraction of sp³-hybridized carbons (Fsp3) is 0.163. The molecule has 0 fully saturated rings. The second-order valence-corrected chi connectivity index (χ2v) is 12.9. The lowest BCUT2D eigenvalue weighted by atomic mass is 9.77. The number of aromatic nitrogens is 5. The largest absolute Gasteiger partial charge is 0.384 e. The standard InChI is InChI=1S/C43H38ClN5O/c1-3-4-24-38-40(30(2)29-39(44)45-38)41(50)32-27-25-31(26-28-32)36-22-14-15-23-37(36)42-46-47-48-49(42)43(33-16-8-5-9-17-33,34-18-10-6-11-19-34)35-20-12-7-13-21-35/h5-23,25-29,41,50H,3-4,24H2,1-2H3. The van der Waals surface area contributed by atoms with Crippen molar-refractivity contribution < 1.29 is 5.11 Å². The Balaban J connectivity index is 1.35. The minimum Gasteiger partial charge on any atom is -0.384 e. The predicted molar refractivity (Wildman–Crippen MR) is 200 cm³/mol. The van der Waals surface area contributed by atoms with E-state index in [-0.39, 0.29) is 0 Å². The van der Waals surface area contributed by atoms with Crippen molar-refractivity contribution in [1.82, 2.24) is 25.2 Å². The first-order valence-electron chi connectivity index (χ1n) is 17.0. The number of tetrazole rings is 1. The first-order chi connectivity index (χ1) is 24.5. The van der Waals surface area contributed by atoms with Crippen LogP contribution in [0.2, 0.25) is 5.15 Å². The predicted octanol–water partition coefficient (Wildman–Crippen LogP) is 9.63. The van der Waals surface area contributed by atoms with Gasteiger partial charge in [-0.25, -0.2) is 9.67 Å². The molecule has 0 spiro atoms. The number of rotatable bonds is 11. The van der Waals surface area contributed by atoms with Crippen LogP contribution in [0, 0.1) is 6.92 Å². The zero-order valence-corrected chi connectivity index (χ0v) is 28.9. The minimum atomic E-state index is -0.871. The molecular weight excluding hydrogens is 638 g/mol. The Morgan fingerprint density at radius 1 is 0.720 bits per heavy atom. The lowest BCUT2D eigenvalue weighted by molar-refractivity contribution is 0.217. The van der Waals surface area contributed by atoms with Gasteiger partial charge in [0.05, 0.1) is 0 Å². The molecule has 1 N–H and O–H groups in total. The summed E-state index contributed by atoms with van der Waals surface area (Å²) in [5.74, 6) is 0.629. The van der Waals surface area contributed by atoms with Crippen molar-refractivity contribution in [2.75, 3.05) is 0 Å². The van der Waals surface area contributed by atoms with Crippen LogP contribution >= 0.6 is 11.6 Å². The van der Waals surface area contributed by atoms with Gasteiger partial charge in [0.1, 0.15) is 16.8 Å². The molecule has 1 atom stereocenters. The zero-order chi connectivity index (χ0) is 34.5. The van der Waals surface area contributed by atoms with Gasteiger partial charge in [-0.1, -0.05) is 164 Å². The van der Waals surface area contributed by atoms with Crippen molar-refractivity contribution in [2.45, 2.75) is 44.8 Å². The number of aryl methyl sites for hydroxylation is 2. The molecule has 6 nitrogen and oxygen atoms in total. The first-order valence-corrected chi connectivity index (χ1v) is 17.4.